The van der Waals surface area contributed by atoms with Gasteiger partial charge in [-0.15, -0.1) is 0 Å². The lowest BCUT2D eigenvalue weighted by Crippen LogP contribution is -2.48. The van der Waals surface area contributed by atoms with Gasteiger partial charge in [-0.2, -0.15) is 0 Å². The van der Waals surface area contributed by atoms with Crippen molar-refractivity contribution in [3.8, 4) is 11.3 Å². The van der Waals surface area contributed by atoms with Gasteiger partial charge in [0.15, 0.2) is 0 Å². The van der Waals surface area contributed by atoms with Gasteiger partial charge in [-0.05, 0) is 43.7 Å². The van der Waals surface area contributed by atoms with Gasteiger partial charge >= 0.3 is 0 Å². The lowest BCUT2D eigenvalue weighted by molar-refractivity contribution is 0.0599. The Labute approximate surface area is 165 Å². The zero-order chi connectivity index (χ0) is 19.5. The second kappa shape index (κ2) is 7.89. The molecule has 0 spiro atoms. The van der Waals surface area contributed by atoms with E-state index in [9.17, 15) is 4.79 Å². The van der Waals surface area contributed by atoms with E-state index in [1.165, 1.54) is 0 Å². The zero-order valence-corrected chi connectivity index (χ0v) is 16.3. The van der Waals surface area contributed by atoms with E-state index in [0.29, 0.717) is 24.6 Å². The van der Waals surface area contributed by atoms with Gasteiger partial charge in [0.2, 0.25) is 0 Å². The highest BCUT2D eigenvalue weighted by molar-refractivity contribution is 5.96. The number of nitrogens with zero attached hydrogens (tertiary/aromatic N) is 4. The monoisotopic (exact) mass is 372 g/mol. The van der Waals surface area contributed by atoms with Crippen molar-refractivity contribution >= 4 is 5.91 Å². The standard InChI is InChI=1S/C23H24N4O/c1-3-7-22-25-16(2)12-21(26-22)17-8-6-9-18(13-17)23(28)27-14-19(15-27)20-10-4-5-11-24-20/h4-6,8-13,19H,3,7,14-15H2,1-2H3. The number of amides is 1. The summed E-state index contributed by atoms with van der Waals surface area (Å²) in [5.41, 5.74) is 4.53. The second-order valence-electron chi connectivity index (χ2n) is 7.30. The molecule has 1 saturated heterocycles. The molecule has 1 amide bonds. The summed E-state index contributed by atoms with van der Waals surface area (Å²) in [6.45, 7) is 5.54. The molecule has 3 heterocycles. The summed E-state index contributed by atoms with van der Waals surface area (Å²) in [6, 6.07) is 15.7. The van der Waals surface area contributed by atoms with Crippen molar-refractivity contribution in [1.29, 1.82) is 0 Å². The van der Waals surface area contributed by atoms with Crippen LogP contribution in [-0.2, 0) is 6.42 Å². The van der Waals surface area contributed by atoms with E-state index in [1.54, 1.807) is 6.20 Å². The molecular formula is C23H24N4O. The molecule has 0 saturated carbocycles. The minimum absolute atomic E-state index is 0.0635. The molecule has 1 fully saturated rings. The van der Waals surface area contributed by atoms with Crippen LogP contribution in [0.25, 0.3) is 11.3 Å². The van der Waals surface area contributed by atoms with E-state index < -0.39 is 0 Å². The molecule has 2 aromatic heterocycles. The Morgan fingerprint density at radius 2 is 1.96 bits per heavy atom. The quantitative estimate of drug-likeness (QED) is 0.678. The van der Waals surface area contributed by atoms with Crippen molar-refractivity contribution < 1.29 is 4.79 Å². The number of carbonyl (C=O) groups is 1. The molecule has 0 aliphatic carbocycles. The van der Waals surface area contributed by atoms with Crippen LogP contribution in [0.5, 0.6) is 0 Å². The third-order valence-corrected chi connectivity index (χ3v) is 5.05. The van der Waals surface area contributed by atoms with Crippen molar-refractivity contribution in [2.45, 2.75) is 32.6 Å². The first-order valence-electron chi connectivity index (χ1n) is 9.79. The lowest BCUT2D eigenvalue weighted by Gasteiger charge is -2.39. The Bertz CT molecular complexity index is 981. The number of aryl methyl sites for hydroxylation is 2. The third-order valence-electron chi connectivity index (χ3n) is 5.05. The molecule has 5 heteroatoms. The number of carbonyl (C=O) groups excluding carboxylic acids is 1. The van der Waals surface area contributed by atoms with E-state index in [0.717, 1.165) is 41.3 Å². The molecule has 5 nitrogen and oxygen atoms in total. The molecule has 0 atom stereocenters. The normalized spacial score (nSPS) is 14.0. The highest BCUT2D eigenvalue weighted by Gasteiger charge is 2.33. The SMILES string of the molecule is CCCc1nc(C)cc(-c2cccc(C(=O)N3CC(c4ccccn4)C3)c2)n1. The first-order valence-corrected chi connectivity index (χ1v) is 9.79. The highest BCUT2D eigenvalue weighted by atomic mass is 16.2. The summed E-state index contributed by atoms with van der Waals surface area (Å²) in [5.74, 6) is 1.25. The smallest absolute Gasteiger partial charge is 0.253 e. The van der Waals surface area contributed by atoms with Crippen molar-refractivity contribution in [3.63, 3.8) is 0 Å². The number of pyridine rings is 1. The van der Waals surface area contributed by atoms with Crippen molar-refractivity contribution in [2.24, 2.45) is 0 Å². The minimum Gasteiger partial charge on any atom is -0.337 e. The van der Waals surface area contributed by atoms with Gasteiger partial charge in [-0.3, -0.25) is 9.78 Å². The van der Waals surface area contributed by atoms with Crippen molar-refractivity contribution in [3.05, 3.63) is 77.5 Å². The van der Waals surface area contributed by atoms with Crippen LogP contribution in [0.4, 0.5) is 0 Å². The van der Waals surface area contributed by atoms with E-state index in [4.69, 9.17) is 0 Å². The highest BCUT2D eigenvalue weighted by Crippen LogP contribution is 2.28. The summed E-state index contributed by atoms with van der Waals surface area (Å²) in [4.78, 5) is 28.4. The van der Waals surface area contributed by atoms with Crippen LogP contribution >= 0.6 is 0 Å². The maximum absolute atomic E-state index is 12.9. The van der Waals surface area contributed by atoms with Gasteiger partial charge in [0, 0.05) is 54.1 Å². The number of benzene rings is 1. The zero-order valence-electron chi connectivity index (χ0n) is 16.3. The lowest BCUT2D eigenvalue weighted by atomic mass is 9.94. The average molecular weight is 372 g/mol. The molecule has 4 rings (SSSR count). The van der Waals surface area contributed by atoms with E-state index in [-0.39, 0.29) is 5.91 Å². The Morgan fingerprint density at radius 3 is 2.71 bits per heavy atom. The second-order valence-corrected chi connectivity index (χ2v) is 7.30. The van der Waals surface area contributed by atoms with Crippen LogP contribution in [-0.4, -0.2) is 38.8 Å². The van der Waals surface area contributed by atoms with Crippen LogP contribution in [0, 0.1) is 6.92 Å². The van der Waals surface area contributed by atoms with Gasteiger partial charge in [0.05, 0.1) is 5.69 Å². The van der Waals surface area contributed by atoms with Gasteiger partial charge in [-0.1, -0.05) is 25.1 Å². The summed E-state index contributed by atoms with van der Waals surface area (Å²) < 4.78 is 0. The largest absolute Gasteiger partial charge is 0.337 e. The summed E-state index contributed by atoms with van der Waals surface area (Å²) in [5, 5.41) is 0. The number of hydrogen-bond acceptors (Lipinski definition) is 4. The Kier molecular flexibility index (Phi) is 5.15. The predicted molar refractivity (Wildman–Crippen MR) is 109 cm³/mol. The Balaban J connectivity index is 1.51. The predicted octanol–water partition coefficient (Wildman–Crippen LogP) is 4.04. The number of hydrogen-bond donors (Lipinski definition) is 0. The molecule has 1 aromatic carbocycles. The molecule has 0 unspecified atom stereocenters. The topological polar surface area (TPSA) is 59.0 Å². The van der Waals surface area contributed by atoms with Gasteiger partial charge in [0.25, 0.3) is 5.91 Å². The minimum atomic E-state index is 0.0635. The number of likely N-dealkylation sites (tertiary alicyclic amines) is 1. The van der Waals surface area contributed by atoms with E-state index in [1.807, 2.05) is 60.4 Å². The van der Waals surface area contributed by atoms with Crippen LogP contribution in [0.15, 0.2) is 54.7 Å². The number of aromatic nitrogens is 3. The fourth-order valence-electron chi connectivity index (χ4n) is 3.56. The number of rotatable bonds is 5. The molecule has 1 aliphatic heterocycles. The van der Waals surface area contributed by atoms with E-state index >= 15 is 0 Å². The molecular weight excluding hydrogens is 348 g/mol. The Morgan fingerprint density at radius 1 is 1.11 bits per heavy atom. The van der Waals surface area contributed by atoms with Crippen LogP contribution < -0.4 is 0 Å². The molecule has 0 bridgehead atoms. The summed E-state index contributed by atoms with van der Waals surface area (Å²) >= 11 is 0. The molecule has 28 heavy (non-hydrogen) atoms. The molecule has 1 aliphatic rings. The maximum atomic E-state index is 12.9. The fraction of sp³-hybridized carbons (Fsp3) is 0.304. The average Bonchev–Trinajstić information content (AvgIpc) is 2.67. The molecule has 0 N–H and O–H groups in total. The fourth-order valence-corrected chi connectivity index (χ4v) is 3.56. The summed E-state index contributed by atoms with van der Waals surface area (Å²) in [7, 11) is 0. The van der Waals surface area contributed by atoms with Gasteiger partial charge in [-0.25, -0.2) is 9.97 Å². The molecule has 0 radical (unpaired) electrons. The summed E-state index contributed by atoms with van der Waals surface area (Å²) in [6.07, 6.45) is 3.67. The van der Waals surface area contributed by atoms with Crippen LogP contribution in [0.3, 0.4) is 0 Å². The van der Waals surface area contributed by atoms with Gasteiger partial charge in [0.1, 0.15) is 5.82 Å². The van der Waals surface area contributed by atoms with Crippen molar-refractivity contribution in [2.75, 3.05) is 13.1 Å². The van der Waals surface area contributed by atoms with E-state index in [2.05, 4.69) is 21.9 Å². The first-order chi connectivity index (χ1) is 13.6. The van der Waals surface area contributed by atoms with Crippen molar-refractivity contribution in [1.82, 2.24) is 19.9 Å². The third kappa shape index (κ3) is 3.79. The molecule has 142 valence electrons. The van der Waals surface area contributed by atoms with Gasteiger partial charge < -0.3 is 4.90 Å². The first kappa shape index (κ1) is 18.3. The maximum Gasteiger partial charge on any atom is 0.253 e. The van der Waals surface area contributed by atoms with Crippen LogP contribution in [0.1, 0.15) is 46.8 Å². The molecule has 3 aromatic rings. The van der Waals surface area contributed by atoms with Crippen LogP contribution in [0.2, 0.25) is 0 Å². The Hall–Kier alpha value is -3.08.